The fourth-order valence-corrected chi connectivity index (χ4v) is 0.864. The summed E-state index contributed by atoms with van der Waals surface area (Å²) in [5.74, 6) is 0. The number of hydrogen-bond donors (Lipinski definition) is 0. The summed E-state index contributed by atoms with van der Waals surface area (Å²) in [6.45, 7) is 7.44. The molecule has 0 aliphatic rings. The monoisotopic (exact) mass is 163 g/mol. The van der Waals surface area contributed by atoms with Crippen molar-refractivity contribution in [3.8, 4) is 0 Å². The van der Waals surface area contributed by atoms with Crippen LogP contribution in [0, 0.1) is 6.58 Å². The van der Waals surface area contributed by atoms with Gasteiger partial charge in [-0.25, -0.2) is 0 Å². The van der Waals surface area contributed by atoms with Crippen LogP contribution in [-0.2, 0) is 0 Å². The highest BCUT2D eigenvalue weighted by molar-refractivity contribution is 5.02. The highest BCUT2D eigenvalue weighted by atomic mass is 13.8. The molecule has 0 unspecified atom stereocenters. The molecule has 0 aliphatic heterocycles. The molecule has 0 bridgehead atoms. The van der Waals surface area contributed by atoms with Gasteiger partial charge in [-0.2, -0.15) is 0 Å². The van der Waals surface area contributed by atoms with Crippen LogP contribution in [-0.4, -0.2) is 0 Å². The lowest BCUT2D eigenvalue weighted by Crippen LogP contribution is -1.65. The summed E-state index contributed by atoms with van der Waals surface area (Å²) < 4.78 is 0. The summed E-state index contributed by atoms with van der Waals surface area (Å²) in [6.07, 6.45) is 16.1. The molecule has 0 rings (SSSR count). The summed E-state index contributed by atoms with van der Waals surface area (Å²) in [5.41, 5.74) is 0. The Morgan fingerprint density at radius 2 is 1.67 bits per heavy atom. The molecule has 1 radical (unpaired) electrons. The van der Waals surface area contributed by atoms with E-state index in [1.54, 1.807) is 6.08 Å². The molecule has 0 fully saturated rings. The summed E-state index contributed by atoms with van der Waals surface area (Å²) >= 11 is 0. The van der Waals surface area contributed by atoms with Gasteiger partial charge in [0.2, 0.25) is 0 Å². The Kier molecular flexibility index (Phi) is 9.56. The van der Waals surface area contributed by atoms with Crippen molar-refractivity contribution in [1.29, 1.82) is 0 Å². The predicted molar refractivity (Wildman–Crippen MR) is 55.9 cm³/mol. The van der Waals surface area contributed by atoms with Gasteiger partial charge in [-0.1, -0.05) is 56.7 Å². The molecule has 0 aliphatic carbocycles. The second-order valence-electron chi connectivity index (χ2n) is 2.81. The fourth-order valence-electron chi connectivity index (χ4n) is 0.864. The molecular formula is C12H19. The Bertz CT molecular complexity index is 140. The number of rotatable bonds is 7. The van der Waals surface area contributed by atoms with E-state index in [-0.39, 0.29) is 0 Å². The molecule has 67 valence electrons. The maximum Gasteiger partial charge on any atom is -0.0313 e. The standard InChI is InChI=1S/C12H19/c1-3-5-7-9-11-12-10-8-6-4-2/h1,3,9-12H,4-8H2,2H3. The minimum absolute atomic E-state index is 0.972. The van der Waals surface area contributed by atoms with E-state index < -0.39 is 0 Å². The molecule has 0 saturated carbocycles. The van der Waals surface area contributed by atoms with Gasteiger partial charge < -0.3 is 0 Å². The summed E-state index contributed by atoms with van der Waals surface area (Å²) in [4.78, 5) is 0. The van der Waals surface area contributed by atoms with E-state index in [1.807, 2.05) is 0 Å². The van der Waals surface area contributed by atoms with E-state index >= 15 is 0 Å². The van der Waals surface area contributed by atoms with E-state index in [0.29, 0.717) is 0 Å². The van der Waals surface area contributed by atoms with E-state index in [1.165, 1.54) is 19.3 Å². The third kappa shape index (κ3) is 9.22. The molecule has 0 aromatic rings. The van der Waals surface area contributed by atoms with E-state index in [0.717, 1.165) is 12.8 Å². The lowest BCUT2D eigenvalue weighted by molar-refractivity contribution is 0.815. The zero-order valence-electron chi connectivity index (χ0n) is 8.00. The first-order chi connectivity index (χ1) is 5.91. The summed E-state index contributed by atoms with van der Waals surface area (Å²) in [5, 5.41) is 0. The van der Waals surface area contributed by atoms with Gasteiger partial charge in [-0.15, -0.1) is 0 Å². The van der Waals surface area contributed by atoms with Crippen LogP contribution in [0.15, 0.2) is 30.4 Å². The van der Waals surface area contributed by atoms with Gasteiger partial charge in [-0.3, -0.25) is 0 Å². The summed E-state index contributed by atoms with van der Waals surface area (Å²) in [6, 6.07) is 0. The largest absolute Gasteiger partial charge is 0.0845 e. The van der Waals surface area contributed by atoms with Gasteiger partial charge in [-0.05, 0) is 19.3 Å². The average molecular weight is 163 g/mol. The van der Waals surface area contributed by atoms with Crippen molar-refractivity contribution in [2.45, 2.75) is 39.0 Å². The van der Waals surface area contributed by atoms with Crippen molar-refractivity contribution in [1.82, 2.24) is 0 Å². The Balaban J connectivity index is 3.20. The maximum absolute atomic E-state index is 5.23. The molecule has 0 aromatic carbocycles. The zero-order valence-corrected chi connectivity index (χ0v) is 8.00. The molecule has 0 heterocycles. The number of unbranched alkanes of at least 4 members (excludes halogenated alkanes) is 3. The van der Waals surface area contributed by atoms with Crippen LogP contribution in [0.5, 0.6) is 0 Å². The SMILES string of the molecule is [CH]=CCCC=CC=CCCCC. The normalized spacial score (nSPS) is 11.4. The molecule has 0 N–H and O–H groups in total. The molecule has 0 heteroatoms. The van der Waals surface area contributed by atoms with Crippen LogP contribution in [0.4, 0.5) is 0 Å². The minimum Gasteiger partial charge on any atom is -0.0845 e. The first-order valence-electron chi connectivity index (χ1n) is 4.77. The quantitative estimate of drug-likeness (QED) is 0.392. The van der Waals surface area contributed by atoms with Crippen molar-refractivity contribution < 1.29 is 0 Å². The third-order valence-electron chi connectivity index (χ3n) is 1.61. The minimum atomic E-state index is 0.972. The van der Waals surface area contributed by atoms with Crippen LogP contribution in [0.1, 0.15) is 39.0 Å². The third-order valence-corrected chi connectivity index (χ3v) is 1.61. The van der Waals surface area contributed by atoms with E-state index in [9.17, 15) is 0 Å². The fraction of sp³-hybridized carbons (Fsp3) is 0.500. The van der Waals surface area contributed by atoms with E-state index in [4.69, 9.17) is 6.58 Å². The Labute approximate surface area is 76.7 Å². The average Bonchev–Trinajstić information content (AvgIpc) is 2.10. The van der Waals surface area contributed by atoms with Crippen LogP contribution in [0.3, 0.4) is 0 Å². The van der Waals surface area contributed by atoms with Crippen LogP contribution in [0.25, 0.3) is 0 Å². The number of hydrogen-bond acceptors (Lipinski definition) is 0. The predicted octanol–water partition coefficient (Wildman–Crippen LogP) is 4.06. The Morgan fingerprint density at radius 1 is 1.00 bits per heavy atom. The molecule has 0 spiro atoms. The first-order valence-corrected chi connectivity index (χ1v) is 4.77. The van der Waals surface area contributed by atoms with Gasteiger partial charge in [0.1, 0.15) is 0 Å². The van der Waals surface area contributed by atoms with Gasteiger partial charge >= 0.3 is 0 Å². The van der Waals surface area contributed by atoms with Crippen LogP contribution in [0.2, 0.25) is 0 Å². The second-order valence-corrected chi connectivity index (χ2v) is 2.81. The van der Waals surface area contributed by atoms with Crippen molar-refractivity contribution in [2.24, 2.45) is 0 Å². The van der Waals surface area contributed by atoms with Crippen molar-refractivity contribution in [3.05, 3.63) is 37.0 Å². The molecular weight excluding hydrogens is 144 g/mol. The molecule has 0 nitrogen and oxygen atoms in total. The smallest absolute Gasteiger partial charge is 0.0313 e. The van der Waals surface area contributed by atoms with Crippen molar-refractivity contribution in [3.63, 3.8) is 0 Å². The second kappa shape index (κ2) is 10.2. The van der Waals surface area contributed by atoms with Crippen LogP contribution >= 0.6 is 0 Å². The zero-order chi connectivity index (χ0) is 9.07. The van der Waals surface area contributed by atoms with Crippen LogP contribution < -0.4 is 0 Å². The first kappa shape index (κ1) is 11.2. The number of allylic oxidation sites excluding steroid dienone is 5. The summed E-state index contributed by atoms with van der Waals surface area (Å²) in [7, 11) is 0. The molecule has 12 heavy (non-hydrogen) atoms. The lowest BCUT2D eigenvalue weighted by atomic mass is 10.2. The molecule has 0 amide bonds. The lowest BCUT2D eigenvalue weighted by Gasteiger charge is -1.86. The Morgan fingerprint density at radius 3 is 2.25 bits per heavy atom. The molecule has 0 aromatic heterocycles. The van der Waals surface area contributed by atoms with Gasteiger partial charge in [0.05, 0.1) is 0 Å². The molecule has 0 atom stereocenters. The van der Waals surface area contributed by atoms with Gasteiger partial charge in [0, 0.05) is 0 Å². The van der Waals surface area contributed by atoms with Gasteiger partial charge in [0.25, 0.3) is 0 Å². The molecule has 0 saturated heterocycles. The van der Waals surface area contributed by atoms with Crippen molar-refractivity contribution in [2.75, 3.05) is 0 Å². The van der Waals surface area contributed by atoms with Crippen molar-refractivity contribution >= 4 is 0 Å². The highest BCUT2D eigenvalue weighted by Gasteiger charge is 1.75. The topological polar surface area (TPSA) is 0 Å². The van der Waals surface area contributed by atoms with Gasteiger partial charge in [0.15, 0.2) is 0 Å². The highest BCUT2D eigenvalue weighted by Crippen LogP contribution is 1.96. The van der Waals surface area contributed by atoms with E-state index in [2.05, 4.69) is 31.2 Å². The Hall–Kier alpha value is -0.780. The maximum atomic E-state index is 5.23.